The molecule has 0 bridgehead atoms. The first kappa shape index (κ1) is 10.2. The number of para-hydroxylation sites is 1. The molecule has 2 aromatic rings. The molecule has 72 valence electrons. The Morgan fingerprint density at radius 2 is 2.00 bits per heavy atom. The van der Waals surface area contributed by atoms with E-state index in [2.05, 4.69) is 20.9 Å². The molecular formula is C10H6BrCl2N. The number of aromatic nitrogens is 1. The Labute approximate surface area is 100 Å². The summed E-state index contributed by atoms with van der Waals surface area (Å²) in [7, 11) is 0. The van der Waals surface area contributed by atoms with E-state index in [1.807, 2.05) is 19.1 Å². The van der Waals surface area contributed by atoms with Crippen LogP contribution in [0.4, 0.5) is 0 Å². The van der Waals surface area contributed by atoms with Gasteiger partial charge >= 0.3 is 0 Å². The van der Waals surface area contributed by atoms with Crippen molar-refractivity contribution in [2.45, 2.75) is 6.92 Å². The van der Waals surface area contributed by atoms with E-state index in [1.54, 1.807) is 6.07 Å². The highest BCUT2D eigenvalue weighted by Crippen LogP contribution is 2.34. The van der Waals surface area contributed by atoms with Crippen molar-refractivity contribution in [3.05, 3.63) is 38.4 Å². The molecule has 0 aliphatic carbocycles. The van der Waals surface area contributed by atoms with E-state index in [0.29, 0.717) is 10.0 Å². The lowest BCUT2D eigenvalue weighted by Gasteiger charge is -2.06. The fourth-order valence-electron chi connectivity index (χ4n) is 1.30. The molecule has 0 saturated carbocycles. The molecule has 4 heteroatoms. The number of nitrogens with zero attached hydrogens (tertiary/aromatic N) is 1. The van der Waals surface area contributed by atoms with Gasteiger partial charge in [0.05, 0.1) is 25.7 Å². The third kappa shape index (κ3) is 1.52. The molecular weight excluding hydrogens is 285 g/mol. The lowest BCUT2D eigenvalue weighted by molar-refractivity contribution is 1.23. The molecule has 0 unspecified atom stereocenters. The maximum absolute atomic E-state index is 6.16. The van der Waals surface area contributed by atoms with Crippen LogP contribution in [0.15, 0.2) is 22.7 Å². The average molecular weight is 291 g/mol. The summed E-state index contributed by atoms with van der Waals surface area (Å²) in [6.45, 7) is 1.89. The molecule has 0 radical (unpaired) electrons. The fraction of sp³-hybridized carbons (Fsp3) is 0.100. The van der Waals surface area contributed by atoms with E-state index in [1.165, 1.54) is 0 Å². The van der Waals surface area contributed by atoms with E-state index in [9.17, 15) is 0 Å². The van der Waals surface area contributed by atoms with E-state index in [4.69, 9.17) is 23.2 Å². The monoisotopic (exact) mass is 289 g/mol. The molecule has 1 nitrogen and oxygen atoms in total. The summed E-state index contributed by atoms with van der Waals surface area (Å²) in [5, 5.41) is 2.16. The Morgan fingerprint density at radius 3 is 2.71 bits per heavy atom. The highest BCUT2D eigenvalue weighted by Gasteiger charge is 2.09. The summed E-state index contributed by atoms with van der Waals surface area (Å²) in [6, 6.07) is 5.57. The molecule has 14 heavy (non-hydrogen) atoms. The number of rotatable bonds is 0. The van der Waals surface area contributed by atoms with Crippen molar-refractivity contribution < 1.29 is 0 Å². The highest BCUT2D eigenvalue weighted by atomic mass is 79.9. The minimum Gasteiger partial charge on any atom is -0.250 e. The number of hydrogen-bond acceptors (Lipinski definition) is 1. The molecule has 2 rings (SSSR count). The van der Waals surface area contributed by atoms with E-state index in [0.717, 1.165) is 21.1 Å². The number of pyridine rings is 1. The van der Waals surface area contributed by atoms with Crippen molar-refractivity contribution in [2.24, 2.45) is 0 Å². The first-order valence-electron chi connectivity index (χ1n) is 4.01. The number of aryl methyl sites for hydroxylation is 1. The zero-order valence-corrected chi connectivity index (χ0v) is 10.4. The number of halogens is 3. The third-order valence-corrected chi connectivity index (χ3v) is 3.91. The van der Waals surface area contributed by atoms with Crippen LogP contribution < -0.4 is 0 Å². The van der Waals surface area contributed by atoms with Crippen molar-refractivity contribution in [2.75, 3.05) is 0 Å². The van der Waals surface area contributed by atoms with Crippen LogP contribution in [0, 0.1) is 6.92 Å². The second-order valence-corrected chi connectivity index (χ2v) is 4.54. The van der Waals surface area contributed by atoms with E-state index < -0.39 is 0 Å². The van der Waals surface area contributed by atoms with Crippen LogP contribution >= 0.6 is 39.1 Å². The van der Waals surface area contributed by atoms with Crippen LogP contribution in [-0.2, 0) is 0 Å². The molecule has 1 aromatic heterocycles. The van der Waals surface area contributed by atoms with Crippen LogP contribution in [0.3, 0.4) is 0 Å². The Kier molecular flexibility index (Phi) is 2.69. The van der Waals surface area contributed by atoms with Crippen molar-refractivity contribution in [3.63, 3.8) is 0 Å². The van der Waals surface area contributed by atoms with Crippen molar-refractivity contribution in [1.82, 2.24) is 4.98 Å². The number of benzene rings is 1. The quantitative estimate of drug-likeness (QED) is 0.690. The van der Waals surface area contributed by atoms with Gasteiger partial charge in [0.25, 0.3) is 0 Å². The molecule has 1 aromatic carbocycles. The Balaban J connectivity index is 2.98. The SMILES string of the molecule is Cc1nc2c(Cl)cccc2c(Cl)c1Br. The normalized spacial score (nSPS) is 10.9. The highest BCUT2D eigenvalue weighted by molar-refractivity contribution is 9.10. The predicted octanol–water partition coefficient (Wildman–Crippen LogP) is 4.61. The van der Waals surface area contributed by atoms with Gasteiger partial charge in [-0.1, -0.05) is 35.3 Å². The molecule has 1 heterocycles. The summed E-state index contributed by atoms with van der Waals surface area (Å²) in [5.41, 5.74) is 1.59. The largest absolute Gasteiger partial charge is 0.250 e. The van der Waals surface area contributed by atoms with Gasteiger partial charge in [-0.3, -0.25) is 4.98 Å². The van der Waals surface area contributed by atoms with Gasteiger partial charge in [0, 0.05) is 5.39 Å². The van der Waals surface area contributed by atoms with E-state index >= 15 is 0 Å². The van der Waals surface area contributed by atoms with Crippen molar-refractivity contribution in [3.8, 4) is 0 Å². The van der Waals surface area contributed by atoms with Crippen LogP contribution in [0.1, 0.15) is 5.69 Å². The van der Waals surface area contributed by atoms with Gasteiger partial charge < -0.3 is 0 Å². The van der Waals surface area contributed by atoms with Gasteiger partial charge in [-0.2, -0.15) is 0 Å². The summed E-state index contributed by atoms with van der Waals surface area (Å²) in [4.78, 5) is 4.37. The molecule has 0 amide bonds. The summed E-state index contributed by atoms with van der Waals surface area (Å²) >= 11 is 15.6. The minimum atomic E-state index is 0.625. The predicted molar refractivity (Wildman–Crippen MR) is 64.2 cm³/mol. The fourth-order valence-corrected chi connectivity index (χ4v) is 2.11. The van der Waals surface area contributed by atoms with Crippen LogP contribution in [0.2, 0.25) is 10.0 Å². The lowest BCUT2D eigenvalue weighted by atomic mass is 10.2. The molecule has 0 aliphatic heterocycles. The standard InChI is InChI=1S/C10H6BrCl2N/c1-5-8(11)9(13)6-3-2-4-7(12)10(6)14-5/h2-4H,1H3. The maximum atomic E-state index is 6.16. The van der Waals surface area contributed by atoms with E-state index in [-0.39, 0.29) is 0 Å². The molecule has 0 spiro atoms. The van der Waals surface area contributed by atoms with Crippen LogP contribution in [-0.4, -0.2) is 4.98 Å². The van der Waals surface area contributed by atoms with Gasteiger partial charge in [-0.15, -0.1) is 0 Å². The zero-order valence-electron chi connectivity index (χ0n) is 7.31. The number of hydrogen-bond donors (Lipinski definition) is 0. The second-order valence-electron chi connectivity index (χ2n) is 2.96. The Morgan fingerprint density at radius 1 is 1.29 bits per heavy atom. The summed E-state index contributed by atoms with van der Waals surface area (Å²) in [6.07, 6.45) is 0. The molecule has 0 fully saturated rings. The van der Waals surface area contributed by atoms with Gasteiger partial charge in [-0.05, 0) is 28.9 Å². The second kappa shape index (κ2) is 3.69. The van der Waals surface area contributed by atoms with Crippen molar-refractivity contribution in [1.29, 1.82) is 0 Å². The zero-order chi connectivity index (χ0) is 10.3. The third-order valence-electron chi connectivity index (χ3n) is 2.01. The van der Waals surface area contributed by atoms with Gasteiger partial charge in [-0.25, -0.2) is 0 Å². The minimum absolute atomic E-state index is 0.625. The summed E-state index contributed by atoms with van der Waals surface area (Å²) in [5.74, 6) is 0. The lowest BCUT2D eigenvalue weighted by Crippen LogP contribution is -1.88. The molecule has 0 aliphatic rings. The van der Waals surface area contributed by atoms with Crippen LogP contribution in [0.25, 0.3) is 10.9 Å². The van der Waals surface area contributed by atoms with Crippen molar-refractivity contribution >= 4 is 50.0 Å². The van der Waals surface area contributed by atoms with Gasteiger partial charge in [0.2, 0.25) is 0 Å². The Hall–Kier alpha value is -0.310. The maximum Gasteiger partial charge on any atom is 0.0907 e. The Bertz CT molecular complexity index is 511. The molecule has 0 saturated heterocycles. The van der Waals surface area contributed by atoms with Gasteiger partial charge in [0.1, 0.15) is 0 Å². The summed E-state index contributed by atoms with van der Waals surface area (Å²) < 4.78 is 0.828. The number of fused-ring (bicyclic) bond motifs is 1. The first-order valence-corrected chi connectivity index (χ1v) is 5.56. The smallest absolute Gasteiger partial charge is 0.0907 e. The van der Waals surface area contributed by atoms with Crippen LogP contribution in [0.5, 0.6) is 0 Å². The molecule has 0 N–H and O–H groups in total. The molecule has 0 atom stereocenters. The van der Waals surface area contributed by atoms with Gasteiger partial charge in [0.15, 0.2) is 0 Å². The topological polar surface area (TPSA) is 12.9 Å². The average Bonchev–Trinajstić information content (AvgIpc) is 2.17. The first-order chi connectivity index (χ1) is 6.61.